The number of hydrogen-bond acceptors (Lipinski definition) is 2. The molecule has 0 atom stereocenters. The third kappa shape index (κ3) is 2.26. The minimum Gasteiger partial charge on any atom is -0.396 e. The molecule has 3 aromatic rings. The number of benzene rings is 2. The molecule has 0 saturated heterocycles. The largest absolute Gasteiger partial charge is 0.396 e. The van der Waals surface area contributed by atoms with E-state index in [9.17, 15) is 0 Å². The zero-order valence-corrected chi connectivity index (χ0v) is 11.9. The molecule has 0 spiro atoms. The summed E-state index contributed by atoms with van der Waals surface area (Å²) >= 11 is 12.4. The van der Waals surface area contributed by atoms with Crippen LogP contribution >= 0.6 is 23.2 Å². The summed E-state index contributed by atoms with van der Waals surface area (Å²) in [6.07, 6.45) is 1.74. The highest BCUT2D eigenvalue weighted by atomic mass is 35.5. The number of hydrogen-bond donors (Lipinski definition) is 1. The Morgan fingerprint density at radius 1 is 0.900 bits per heavy atom. The molecule has 0 fully saturated rings. The van der Waals surface area contributed by atoms with Crippen molar-refractivity contribution in [3.8, 4) is 16.9 Å². The Bertz CT molecular complexity index is 765. The van der Waals surface area contributed by atoms with Crippen LogP contribution in [0, 0.1) is 0 Å². The molecule has 3 rings (SSSR count). The van der Waals surface area contributed by atoms with Crippen LogP contribution in [0.1, 0.15) is 0 Å². The molecular formula is C15H11Cl2N3. The fourth-order valence-corrected chi connectivity index (χ4v) is 2.46. The van der Waals surface area contributed by atoms with Gasteiger partial charge in [-0.2, -0.15) is 5.10 Å². The van der Waals surface area contributed by atoms with Crippen molar-refractivity contribution in [1.82, 2.24) is 9.78 Å². The summed E-state index contributed by atoms with van der Waals surface area (Å²) in [5.41, 5.74) is 8.83. The van der Waals surface area contributed by atoms with E-state index < -0.39 is 0 Å². The lowest BCUT2D eigenvalue weighted by Gasteiger charge is -2.03. The first-order valence-electron chi connectivity index (χ1n) is 6.02. The number of nitrogens with two attached hydrogens (primary N) is 1. The van der Waals surface area contributed by atoms with Crippen molar-refractivity contribution in [2.24, 2.45) is 0 Å². The second kappa shape index (κ2) is 5.19. The lowest BCUT2D eigenvalue weighted by molar-refractivity contribution is 0.885. The normalized spacial score (nSPS) is 10.7. The van der Waals surface area contributed by atoms with Crippen LogP contribution in [-0.2, 0) is 0 Å². The van der Waals surface area contributed by atoms with Crippen LogP contribution in [0.2, 0.25) is 10.0 Å². The maximum absolute atomic E-state index is 6.19. The predicted octanol–water partition coefficient (Wildman–Crippen LogP) is 4.43. The summed E-state index contributed by atoms with van der Waals surface area (Å²) in [4.78, 5) is 0. The van der Waals surface area contributed by atoms with Crippen molar-refractivity contribution in [2.45, 2.75) is 0 Å². The first-order valence-corrected chi connectivity index (χ1v) is 6.77. The number of nitrogen functional groups attached to an aromatic ring is 1. The number of para-hydroxylation sites is 1. The molecule has 1 aromatic heterocycles. The van der Waals surface area contributed by atoms with Crippen LogP contribution in [0.25, 0.3) is 16.9 Å². The van der Waals surface area contributed by atoms with Gasteiger partial charge in [-0.25, -0.2) is 4.68 Å². The Morgan fingerprint density at radius 2 is 1.55 bits per heavy atom. The molecule has 5 heteroatoms. The molecule has 3 nitrogen and oxygen atoms in total. The Morgan fingerprint density at radius 3 is 2.25 bits per heavy atom. The summed E-state index contributed by atoms with van der Waals surface area (Å²) < 4.78 is 1.66. The van der Waals surface area contributed by atoms with Gasteiger partial charge in [0.2, 0.25) is 0 Å². The van der Waals surface area contributed by atoms with Gasteiger partial charge in [-0.05, 0) is 18.2 Å². The molecule has 0 aliphatic carbocycles. The highest BCUT2D eigenvalue weighted by molar-refractivity contribution is 6.33. The summed E-state index contributed by atoms with van der Waals surface area (Å²) in [6, 6.07) is 14.9. The first kappa shape index (κ1) is 13.0. The number of rotatable bonds is 2. The van der Waals surface area contributed by atoms with Gasteiger partial charge in [0.05, 0.1) is 27.6 Å². The molecule has 0 unspecified atom stereocenters. The summed E-state index contributed by atoms with van der Waals surface area (Å²) in [7, 11) is 0. The van der Waals surface area contributed by atoms with Gasteiger partial charge in [0.15, 0.2) is 0 Å². The molecule has 0 aliphatic heterocycles. The molecule has 1 heterocycles. The van der Waals surface area contributed by atoms with Crippen LogP contribution in [0.15, 0.2) is 54.7 Å². The molecule has 0 amide bonds. The quantitative estimate of drug-likeness (QED) is 0.761. The van der Waals surface area contributed by atoms with E-state index in [2.05, 4.69) is 5.10 Å². The van der Waals surface area contributed by atoms with Gasteiger partial charge in [0, 0.05) is 5.56 Å². The van der Waals surface area contributed by atoms with Gasteiger partial charge in [-0.1, -0.05) is 53.5 Å². The lowest BCUT2D eigenvalue weighted by Crippen LogP contribution is -1.95. The molecule has 100 valence electrons. The maximum atomic E-state index is 6.19. The lowest BCUT2D eigenvalue weighted by atomic mass is 10.1. The van der Waals surface area contributed by atoms with Crippen molar-refractivity contribution in [1.29, 1.82) is 0 Å². The van der Waals surface area contributed by atoms with E-state index in [0.717, 1.165) is 11.3 Å². The predicted molar refractivity (Wildman–Crippen MR) is 83.4 cm³/mol. The van der Waals surface area contributed by atoms with E-state index in [-0.39, 0.29) is 0 Å². The van der Waals surface area contributed by atoms with Gasteiger partial charge >= 0.3 is 0 Å². The zero-order chi connectivity index (χ0) is 14.1. The first-order chi connectivity index (χ1) is 9.66. The van der Waals surface area contributed by atoms with E-state index >= 15 is 0 Å². The fourth-order valence-electron chi connectivity index (χ4n) is 2.01. The second-order valence-corrected chi connectivity index (χ2v) is 5.12. The molecule has 20 heavy (non-hydrogen) atoms. The average Bonchev–Trinajstić information content (AvgIpc) is 2.81. The minimum absolute atomic E-state index is 0.554. The van der Waals surface area contributed by atoms with Crippen molar-refractivity contribution in [3.05, 3.63) is 64.8 Å². The maximum Gasteiger partial charge on any atom is 0.117 e. The standard InChI is InChI=1S/C15H11Cl2N3/c16-11-6-2-1-5-10(11)15-13(18)9-20(19-15)14-8-4-3-7-12(14)17/h1-9H,18H2. The number of halogens is 2. The second-order valence-electron chi connectivity index (χ2n) is 4.31. The van der Waals surface area contributed by atoms with Crippen molar-refractivity contribution in [3.63, 3.8) is 0 Å². The third-order valence-corrected chi connectivity index (χ3v) is 3.62. The van der Waals surface area contributed by atoms with Crippen molar-refractivity contribution >= 4 is 28.9 Å². The summed E-state index contributed by atoms with van der Waals surface area (Å²) in [5.74, 6) is 0. The number of aromatic nitrogens is 2. The van der Waals surface area contributed by atoms with E-state index in [1.54, 1.807) is 10.9 Å². The molecule has 0 bridgehead atoms. The highest BCUT2D eigenvalue weighted by Crippen LogP contribution is 2.32. The van der Waals surface area contributed by atoms with E-state index in [0.29, 0.717) is 21.4 Å². The molecule has 2 N–H and O–H groups in total. The topological polar surface area (TPSA) is 43.8 Å². The molecule has 0 radical (unpaired) electrons. The van der Waals surface area contributed by atoms with Gasteiger partial charge in [-0.15, -0.1) is 0 Å². The van der Waals surface area contributed by atoms with Crippen LogP contribution in [-0.4, -0.2) is 9.78 Å². The number of anilines is 1. The van der Waals surface area contributed by atoms with Gasteiger partial charge in [0.25, 0.3) is 0 Å². The van der Waals surface area contributed by atoms with Crippen LogP contribution in [0.5, 0.6) is 0 Å². The molecular weight excluding hydrogens is 293 g/mol. The van der Waals surface area contributed by atoms with E-state index in [1.807, 2.05) is 48.5 Å². The van der Waals surface area contributed by atoms with Crippen LogP contribution < -0.4 is 5.73 Å². The average molecular weight is 304 g/mol. The SMILES string of the molecule is Nc1cn(-c2ccccc2Cl)nc1-c1ccccc1Cl. The zero-order valence-electron chi connectivity index (χ0n) is 10.4. The minimum atomic E-state index is 0.554. The Hall–Kier alpha value is -1.97. The van der Waals surface area contributed by atoms with Crippen molar-refractivity contribution in [2.75, 3.05) is 5.73 Å². The fraction of sp³-hybridized carbons (Fsp3) is 0. The number of nitrogens with zero attached hydrogens (tertiary/aromatic N) is 2. The molecule has 0 saturated carbocycles. The highest BCUT2D eigenvalue weighted by Gasteiger charge is 2.13. The van der Waals surface area contributed by atoms with Gasteiger partial charge in [0.1, 0.15) is 5.69 Å². The monoisotopic (exact) mass is 303 g/mol. The Labute approximate surface area is 126 Å². The van der Waals surface area contributed by atoms with Crippen LogP contribution in [0.4, 0.5) is 5.69 Å². The van der Waals surface area contributed by atoms with Gasteiger partial charge in [-0.3, -0.25) is 0 Å². The third-order valence-electron chi connectivity index (χ3n) is 2.97. The van der Waals surface area contributed by atoms with Gasteiger partial charge < -0.3 is 5.73 Å². The van der Waals surface area contributed by atoms with E-state index in [1.165, 1.54) is 0 Å². The summed E-state index contributed by atoms with van der Waals surface area (Å²) in [6.45, 7) is 0. The van der Waals surface area contributed by atoms with E-state index in [4.69, 9.17) is 28.9 Å². The molecule has 0 aliphatic rings. The Kier molecular flexibility index (Phi) is 3.38. The smallest absolute Gasteiger partial charge is 0.117 e. The van der Waals surface area contributed by atoms with Crippen LogP contribution in [0.3, 0.4) is 0 Å². The Balaban J connectivity index is 2.13. The van der Waals surface area contributed by atoms with Crippen molar-refractivity contribution < 1.29 is 0 Å². The summed E-state index contributed by atoms with van der Waals surface area (Å²) in [5, 5.41) is 5.72. The molecule has 2 aromatic carbocycles.